The van der Waals surface area contributed by atoms with Crippen LogP contribution < -0.4 is 5.32 Å². The van der Waals surface area contributed by atoms with Crippen LogP contribution in [0, 0.1) is 6.92 Å². The van der Waals surface area contributed by atoms with Gasteiger partial charge in [0.15, 0.2) is 0 Å². The van der Waals surface area contributed by atoms with Gasteiger partial charge in [0.2, 0.25) is 0 Å². The second kappa shape index (κ2) is 5.52. The third-order valence-corrected chi connectivity index (χ3v) is 3.61. The van der Waals surface area contributed by atoms with E-state index in [0.29, 0.717) is 5.56 Å². The Balaban J connectivity index is 2.96. The fraction of sp³-hybridized carbons (Fsp3) is 0.385. The van der Waals surface area contributed by atoms with Crippen molar-refractivity contribution in [3.8, 4) is 0 Å². The summed E-state index contributed by atoms with van der Waals surface area (Å²) in [5, 5.41) is 2.65. The number of nitrogens with one attached hydrogen (secondary N) is 1. The van der Waals surface area contributed by atoms with Crippen molar-refractivity contribution in [3.05, 3.63) is 33.8 Å². The summed E-state index contributed by atoms with van der Waals surface area (Å²) in [6.45, 7) is 5.09. The molecule has 0 saturated carbocycles. The first kappa shape index (κ1) is 14.7. The van der Waals surface area contributed by atoms with Crippen LogP contribution >= 0.6 is 15.9 Å². The van der Waals surface area contributed by atoms with E-state index in [1.807, 2.05) is 13.0 Å². The molecular formula is C13H16BrNO3. The molecule has 0 aliphatic carbocycles. The Hall–Kier alpha value is -1.36. The molecule has 0 bridgehead atoms. The second-order valence-corrected chi connectivity index (χ2v) is 5.30. The monoisotopic (exact) mass is 313 g/mol. The molecule has 98 valence electrons. The van der Waals surface area contributed by atoms with Crippen molar-refractivity contribution in [2.24, 2.45) is 0 Å². The van der Waals surface area contributed by atoms with Gasteiger partial charge in [-0.05, 0) is 48.3 Å². The van der Waals surface area contributed by atoms with E-state index in [1.165, 1.54) is 7.11 Å². The average Bonchev–Trinajstić information content (AvgIpc) is 2.30. The minimum atomic E-state index is -1.06. The summed E-state index contributed by atoms with van der Waals surface area (Å²) in [6, 6.07) is 5.38. The third kappa shape index (κ3) is 3.10. The number of esters is 1. The summed E-state index contributed by atoms with van der Waals surface area (Å²) in [4.78, 5) is 23.6. The van der Waals surface area contributed by atoms with Crippen molar-refractivity contribution in [3.63, 3.8) is 0 Å². The van der Waals surface area contributed by atoms with Crippen molar-refractivity contribution in [2.45, 2.75) is 26.3 Å². The lowest BCUT2D eigenvalue weighted by Crippen LogP contribution is -2.50. The molecule has 1 aromatic carbocycles. The lowest BCUT2D eigenvalue weighted by Gasteiger charge is -2.23. The first-order chi connectivity index (χ1) is 8.29. The Bertz CT molecular complexity index is 483. The topological polar surface area (TPSA) is 55.4 Å². The first-order valence-electron chi connectivity index (χ1n) is 5.45. The summed E-state index contributed by atoms with van der Waals surface area (Å²) >= 11 is 3.37. The molecule has 0 saturated heterocycles. The number of methoxy groups -OCH3 is 1. The lowest BCUT2D eigenvalue weighted by atomic mass is 10.0. The number of rotatable bonds is 3. The molecule has 0 atom stereocenters. The van der Waals surface area contributed by atoms with Gasteiger partial charge in [-0.1, -0.05) is 12.1 Å². The predicted molar refractivity (Wildman–Crippen MR) is 72.4 cm³/mol. The number of carbonyl (C=O) groups excluding carboxylic acids is 2. The standard InChI is InChI=1S/C13H16BrNO3/c1-8-6-5-7-9(10(8)14)11(16)15-13(2,3)12(17)18-4/h5-7H,1-4H3,(H,15,16). The zero-order chi connectivity index (χ0) is 13.9. The van der Waals surface area contributed by atoms with E-state index in [9.17, 15) is 9.59 Å². The summed E-state index contributed by atoms with van der Waals surface area (Å²) < 4.78 is 5.37. The molecule has 5 heteroatoms. The fourth-order valence-corrected chi connectivity index (χ4v) is 1.92. The van der Waals surface area contributed by atoms with Crippen LogP contribution in [0.4, 0.5) is 0 Å². The normalized spacial score (nSPS) is 10.9. The summed E-state index contributed by atoms with van der Waals surface area (Å²) in [5.41, 5.74) is 0.389. The highest BCUT2D eigenvalue weighted by Crippen LogP contribution is 2.21. The van der Waals surface area contributed by atoms with Gasteiger partial charge < -0.3 is 10.1 Å². The van der Waals surface area contributed by atoms with Crippen LogP contribution in [0.25, 0.3) is 0 Å². The molecule has 0 unspecified atom stereocenters. The Labute approximate surface area is 115 Å². The highest BCUT2D eigenvalue weighted by molar-refractivity contribution is 9.10. The van der Waals surface area contributed by atoms with Crippen LogP contribution in [0.15, 0.2) is 22.7 Å². The average molecular weight is 314 g/mol. The predicted octanol–water partition coefficient (Wildman–Crippen LogP) is 2.44. The van der Waals surface area contributed by atoms with E-state index >= 15 is 0 Å². The minimum Gasteiger partial charge on any atom is -0.467 e. The van der Waals surface area contributed by atoms with Crippen LogP contribution in [0.3, 0.4) is 0 Å². The number of aryl methyl sites for hydroxylation is 1. The summed E-state index contributed by atoms with van der Waals surface area (Å²) in [5.74, 6) is -0.805. The van der Waals surface area contributed by atoms with Gasteiger partial charge in [-0.25, -0.2) is 4.79 Å². The zero-order valence-electron chi connectivity index (χ0n) is 10.8. The Morgan fingerprint density at radius 3 is 2.50 bits per heavy atom. The summed E-state index contributed by atoms with van der Waals surface area (Å²) in [7, 11) is 1.29. The van der Waals surface area contributed by atoms with Crippen molar-refractivity contribution in [2.75, 3.05) is 7.11 Å². The molecule has 1 N–H and O–H groups in total. The second-order valence-electron chi connectivity index (χ2n) is 4.51. The Kier molecular flexibility index (Phi) is 4.51. The van der Waals surface area contributed by atoms with Crippen molar-refractivity contribution in [1.82, 2.24) is 5.32 Å². The molecule has 0 spiro atoms. The highest BCUT2D eigenvalue weighted by atomic mass is 79.9. The maximum absolute atomic E-state index is 12.1. The maximum atomic E-state index is 12.1. The zero-order valence-corrected chi connectivity index (χ0v) is 12.4. The molecule has 0 aliphatic heterocycles. The van der Waals surface area contributed by atoms with Crippen LogP contribution in [0.5, 0.6) is 0 Å². The number of hydrogen-bond donors (Lipinski definition) is 1. The molecular weight excluding hydrogens is 298 g/mol. The largest absolute Gasteiger partial charge is 0.467 e. The van der Waals surface area contributed by atoms with Gasteiger partial charge in [0, 0.05) is 4.47 Å². The van der Waals surface area contributed by atoms with Crippen molar-refractivity contribution < 1.29 is 14.3 Å². The minimum absolute atomic E-state index is 0.319. The molecule has 0 aliphatic rings. The molecule has 1 rings (SSSR count). The number of benzene rings is 1. The van der Waals surface area contributed by atoms with Crippen LogP contribution in [-0.4, -0.2) is 24.5 Å². The van der Waals surface area contributed by atoms with Gasteiger partial charge in [-0.3, -0.25) is 4.79 Å². The van der Waals surface area contributed by atoms with Crippen molar-refractivity contribution >= 4 is 27.8 Å². The lowest BCUT2D eigenvalue weighted by molar-refractivity contribution is -0.146. The SMILES string of the molecule is COC(=O)C(C)(C)NC(=O)c1cccc(C)c1Br. The Morgan fingerprint density at radius 1 is 1.33 bits per heavy atom. The van der Waals surface area contributed by atoms with Crippen molar-refractivity contribution in [1.29, 1.82) is 0 Å². The van der Waals surface area contributed by atoms with Crippen LogP contribution in [0.2, 0.25) is 0 Å². The van der Waals surface area contributed by atoms with Gasteiger partial charge in [0.25, 0.3) is 5.91 Å². The van der Waals surface area contributed by atoms with E-state index < -0.39 is 11.5 Å². The number of carbonyl (C=O) groups is 2. The molecule has 18 heavy (non-hydrogen) atoms. The van der Waals surface area contributed by atoms with E-state index in [1.54, 1.807) is 26.0 Å². The van der Waals surface area contributed by atoms with Gasteiger partial charge in [-0.2, -0.15) is 0 Å². The maximum Gasteiger partial charge on any atom is 0.330 e. The van der Waals surface area contributed by atoms with E-state index in [0.717, 1.165) is 10.0 Å². The van der Waals surface area contributed by atoms with Gasteiger partial charge in [-0.15, -0.1) is 0 Å². The molecule has 1 aromatic rings. The van der Waals surface area contributed by atoms with Gasteiger partial charge in [0.05, 0.1) is 12.7 Å². The van der Waals surface area contributed by atoms with E-state index in [2.05, 4.69) is 26.0 Å². The van der Waals surface area contributed by atoms with E-state index in [4.69, 9.17) is 0 Å². The van der Waals surface area contributed by atoms with Gasteiger partial charge in [0.1, 0.15) is 5.54 Å². The van der Waals surface area contributed by atoms with E-state index in [-0.39, 0.29) is 5.91 Å². The number of hydrogen-bond acceptors (Lipinski definition) is 3. The molecule has 0 fully saturated rings. The quantitative estimate of drug-likeness (QED) is 0.872. The third-order valence-electron chi connectivity index (χ3n) is 2.56. The molecule has 4 nitrogen and oxygen atoms in total. The molecule has 0 aromatic heterocycles. The number of ether oxygens (including phenoxy) is 1. The van der Waals surface area contributed by atoms with Gasteiger partial charge >= 0.3 is 5.97 Å². The smallest absolute Gasteiger partial charge is 0.330 e. The highest BCUT2D eigenvalue weighted by Gasteiger charge is 2.31. The molecule has 0 radical (unpaired) electrons. The number of halogens is 1. The first-order valence-corrected chi connectivity index (χ1v) is 6.25. The fourth-order valence-electron chi connectivity index (χ4n) is 1.48. The van der Waals surface area contributed by atoms with Crippen LogP contribution in [-0.2, 0) is 9.53 Å². The molecule has 1 amide bonds. The van der Waals surface area contributed by atoms with Crippen LogP contribution in [0.1, 0.15) is 29.8 Å². The number of amides is 1. The molecule has 0 heterocycles. The Morgan fingerprint density at radius 2 is 1.94 bits per heavy atom. The summed E-state index contributed by atoms with van der Waals surface area (Å²) in [6.07, 6.45) is 0.